The number of ether oxygens (including phenoxy) is 1. The van der Waals surface area contributed by atoms with Gasteiger partial charge in [-0.25, -0.2) is 4.39 Å². The van der Waals surface area contributed by atoms with Gasteiger partial charge in [0.05, 0.1) is 36.0 Å². The van der Waals surface area contributed by atoms with Gasteiger partial charge < -0.3 is 25.4 Å². The number of nitrogens with two attached hydrogens (primary N) is 1. The Labute approximate surface area is 206 Å². The average Bonchev–Trinajstić information content (AvgIpc) is 3.00. The van der Waals surface area contributed by atoms with Gasteiger partial charge in [-0.1, -0.05) is 18.7 Å². The summed E-state index contributed by atoms with van der Waals surface area (Å²) in [5.74, 6) is 0.192. The van der Waals surface area contributed by atoms with Crippen molar-refractivity contribution < 1.29 is 19.0 Å². The smallest absolute Gasteiger partial charge is 0.151 e. The summed E-state index contributed by atoms with van der Waals surface area (Å²) in [7, 11) is 0. The third kappa shape index (κ3) is 5.57. The van der Waals surface area contributed by atoms with Gasteiger partial charge in [0.1, 0.15) is 17.9 Å². The molecule has 3 atom stereocenters. The Hall–Kier alpha value is -3.57. The van der Waals surface area contributed by atoms with Crippen molar-refractivity contribution >= 4 is 11.9 Å². The van der Waals surface area contributed by atoms with Crippen LogP contribution in [0.3, 0.4) is 0 Å². The predicted molar refractivity (Wildman–Crippen MR) is 133 cm³/mol. The molecule has 0 radical (unpaired) electrons. The van der Waals surface area contributed by atoms with E-state index in [9.17, 15) is 14.3 Å². The van der Waals surface area contributed by atoms with Gasteiger partial charge in [0.25, 0.3) is 0 Å². The Morgan fingerprint density at radius 2 is 2.09 bits per heavy atom. The van der Waals surface area contributed by atoms with Crippen LogP contribution in [0, 0.1) is 17.2 Å². The van der Waals surface area contributed by atoms with E-state index in [0.29, 0.717) is 49.6 Å². The Morgan fingerprint density at radius 1 is 1.37 bits per heavy atom. The quantitative estimate of drug-likeness (QED) is 0.239. The Kier molecular flexibility index (Phi) is 8.36. The Bertz CT molecular complexity index is 1060. The third-order valence-electron chi connectivity index (χ3n) is 6.66. The van der Waals surface area contributed by atoms with Gasteiger partial charge in [-0.2, -0.15) is 5.26 Å². The first kappa shape index (κ1) is 26.0. The number of nitriles is 1. The number of aliphatic hydroxyl groups is 1. The van der Waals surface area contributed by atoms with E-state index < -0.39 is 23.5 Å². The van der Waals surface area contributed by atoms with Gasteiger partial charge >= 0.3 is 0 Å². The van der Waals surface area contributed by atoms with Gasteiger partial charge in [0, 0.05) is 6.54 Å². The van der Waals surface area contributed by atoms with Crippen molar-refractivity contribution in [3.05, 3.63) is 72.5 Å². The molecular formula is C27H33FN4O3. The zero-order valence-electron chi connectivity index (χ0n) is 20.2. The number of allylic oxidation sites excluding steroid dienone is 4. The van der Waals surface area contributed by atoms with Crippen molar-refractivity contribution in [1.29, 1.82) is 5.26 Å². The molecule has 1 saturated heterocycles. The fourth-order valence-electron chi connectivity index (χ4n) is 4.67. The fourth-order valence-corrected chi connectivity index (χ4v) is 4.67. The first-order chi connectivity index (χ1) is 16.7. The standard InChI is InChI=1S/C27H33FN4O3/c1-19-31(27(2,3)26(34)32(19)23-8-5-22(18-30)25(28)17-23)14-4-16-35-24-9-6-20(7-10-24)21(11-13-29)12-15-33/h6-7,9-13,15,17,22-23,26,34H,1,4-5,8,14,16,29H2,2-3H3/t22?,23?,26-/m1/s1. The maximum atomic E-state index is 14.3. The number of rotatable bonds is 9. The van der Waals surface area contributed by atoms with Crippen LogP contribution < -0.4 is 10.5 Å². The van der Waals surface area contributed by atoms with Crippen molar-refractivity contribution in [2.75, 3.05) is 13.2 Å². The summed E-state index contributed by atoms with van der Waals surface area (Å²) in [5, 5.41) is 20.1. The molecule has 0 spiro atoms. The second-order valence-corrected chi connectivity index (χ2v) is 9.22. The van der Waals surface area contributed by atoms with E-state index in [1.807, 2.05) is 49.1 Å². The van der Waals surface area contributed by atoms with Crippen molar-refractivity contribution in [2.45, 2.75) is 50.9 Å². The minimum atomic E-state index is -0.854. The molecule has 1 heterocycles. The van der Waals surface area contributed by atoms with Crippen molar-refractivity contribution in [1.82, 2.24) is 9.80 Å². The molecule has 1 aliphatic carbocycles. The molecule has 1 aromatic rings. The number of carbonyl (C=O) groups excluding carboxylic acids is 1. The highest BCUT2D eigenvalue weighted by Gasteiger charge is 2.49. The maximum absolute atomic E-state index is 14.3. The van der Waals surface area contributed by atoms with E-state index in [1.165, 1.54) is 18.4 Å². The first-order valence-electron chi connectivity index (χ1n) is 11.7. The highest BCUT2D eigenvalue weighted by molar-refractivity contribution is 5.86. The lowest BCUT2D eigenvalue weighted by Crippen LogP contribution is -2.48. The monoisotopic (exact) mass is 480 g/mol. The van der Waals surface area contributed by atoms with Crippen LogP contribution in [0.25, 0.3) is 5.57 Å². The van der Waals surface area contributed by atoms with Gasteiger partial charge in [-0.15, -0.1) is 0 Å². The van der Waals surface area contributed by atoms with E-state index in [-0.39, 0.29) is 6.04 Å². The number of hydrogen-bond acceptors (Lipinski definition) is 7. The summed E-state index contributed by atoms with van der Waals surface area (Å²) in [6, 6.07) is 9.03. The minimum absolute atomic E-state index is 0.339. The fraction of sp³-hybridized carbons (Fsp3) is 0.407. The Balaban J connectivity index is 1.58. The molecule has 8 heteroatoms. The topological polar surface area (TPSA) is 103 Å². The van der Waals surface area contributed by atoms with Gasteiger partial charge in [0.2, 0.25) is 0 Å². The molecule has 0 saturated carbocycles. The van der Waals surface area contributed by atoms with Crippen LogP contribution in [-0.4, -0.2) is 52.2 Å². The zero-order chi connectivity index (χ0) is 25.6. The maximum Gasteiger partial charge on any atom is 0.151 e. The van der Waals surface area contributed by atoms with Gasteiger partial charge in [0.15, 0.2) is 6.23 Å². The Morgan fingerprint density at radius 3 is 2.69 bits per heavy atom. The number of halogens is 1. The van der Waals surface area contributed by atoms with Gasteiger partial charge in [-0.05, 0) is 80.8 Å². The first-order valence-corrected chi connectivity index (χ1v) is 11.7. The molecule has 1 fully saturated rings. The predicted octanol–water partition coefficient (Wildman–Crippen LogP) is 3.85. The molecule has 186 valence electrons. The molecule has 2 unspecified atom stereocenters. The summed E-state index contributed by atoms with van der Waals surface area (Å²) in [5.41, 5.74) is 6.39. The lowest BCUT2D eigenvalue weighted by atomic mass is 9.91. The average molecular weight is 481 g/mol. The molecule has 0 bridgehead atoms. The molecule has 1 aromatic carbocycles. The second-order valence-electron chi connectivity index (χ2n) is 9.22. The number of hydrogen-bond donors (Lipinski definition) is 2. The largest absolute Gasteiger partial charge is 0.494 e. The van der Waals surface area contributed by atoms with Crippen LogP contribution in [-0.2, 0) is 4.79 Å². The number of benzene rings is 1. The summed E-state index contributed by atoms with van der Waals surface area (Å²) in [4.78, 5) is 14.6. The normalized spacial score (nSPS) is 24.4. The molecular weight excluding hydrogens is 447 g/mol. The van der Waals surface area contributed by atoms with E-state index in [2.05, 4.69) is 6.58 Å². The molecule has 35 heavy (non-hydrogen) atoms. The van der Waals surface area contributed by atoms with Crippen LogP contribution in [0.2, 0.25) is 0 Å². The number of nitrogens with zero attached hydrogens (tertiary/aromatic N) is 3. The molecule has 3 N–H and O–H groups in total. The van der Waals surface area contributed by atoms with E-state index in [1.54, 1.807) is 11.0 Å². The highest BCUT2D eigenvalue weighted by Crippen LogP contribution is 2.40. The summed E-state index contributed by atoms with van der Waals surface area (Å²) in [6.07, 6.45) is 7.47. The van der Waals surface area contributed by atoms with Crippen LogP contribution in [0.1, 0.15) is 38.7 Å². The molecule has 1 aliphatic heterocycles. The van der Waals surface area contributed by atoms with E-state index in [0.717, 1.165) is 11.8 Å². The van der Waals surface area contributed by atoms with Crippen molar-refractivity contribution in [3.63, 3.8) is 0 Å². The number of aldehydes is 1. The zero-order valence-corrected chi connectivity index (χ0v) is 20.2. The molecule has 0 aromatic heterocycles. The van der Waals surface area contributed by atoms with Crippen molar-refractivity contribution in [3.8, 4) is 11.8 Å². The third-order valence-corrected chi connectivity index (χ3v) is 6.66. The van der Waals surface area contributed by atoms with E-state index in [4.69, 9.17) is 15.7 Å². The van der Waals surface area contributed by atoms with Gasteiger partial charge in [-0.3, -0.25) is 4.79 Å². The lowest BCUT2D eigenvalue weighted by Gasteiger charge is -2.35. The molecule has 0 amide bonds. The summed E-state index contributed by atoms with van der Waals surface area (Å²) < 4.78 is 20.2. The van der Waals surface area contributed by atoms with E-state index >= 15 is 0 Å². The minimum Gasteiger partial charge on any atom is -0.494 e. The van der Waals surface area contributed by atoms with Crippen LogP contribution >= 0.6 is 0 Å². The van der Waals surface area contributed by atoms with Crippen LogP contribution in [0.5, 0.6) is 5.75 Å². The number of aliphatic hydroxyl groups excluding tert-OH is 1. The second kappa shape index (κ2) is 11.2. The molecule has 3 rings (SSSR count). The van der Waals surface area contributed by atoms with Crippen LogP contribution in [0.15, 0.2) is 66.9 Å². The lowest BCUT2D eigenvalue weighted by molar-refractivity contribution is -0.104. The SMILES string of the molecule is C=C1N(C2C=C(F)C(C#N)CC2)[C@H](O)C(C)(C)N1CCCOc1ccc(C(C=CN)=CC=O)cc1. The van der Waals surface area contributed by atoms with Crippen molar-refractivity contribution in [2.24, 2.45) is 11.7 Å². The highest BCUT2D eigenvalue weighted by atomic mass is 19.1. The molecule has 2 aliphatic rings. The molecule has 7 nitrogen and oxygen atoms in total. The number of carbonyl (C=O) groups is 1. The summed E-state index contributed by atoms with van der Waals surface area (Å²) >= 11 is 0. The van der Waals surface area contributed by atoms with Crippen LogP contribution in [0.4, 0.5) is 4.39 Å². The summed E-state index contributed by atoms with van der Waals surface area (Å²) in [6.45, 7) is 9.11.